The van der Waals surface area contributed by atoms with Gasteiger partial charge in [0.25, 0.3) is 0 Å². The van der Waals surface area contributed by atoms with Gasteiger partial charge in [0.1, 0.15) is 11.7 Å². The van der Waals surface area contributed by atoms with Crippen molar-refractivity contribution in [3.8, 4) is 0 Å². The largest absolute Gasteiger partial charge is 0.399 e. The van der Waals surface area contributed by atoms with E-state index in [1.807, 2.05) is 6.92 Å². The minimum absolute atomic E-state index is 0.0543. The maximum absolute atomic E-state index is 15.3. The van der Waals surface area contributed by atoms with Gasteiger partial charge in [0, 0.05) is 35.8 Å². The Morgan fingerprint density at radius 1 is 1.20 bits per heavy atom. The van der Waals surface area contributed by atoms with E-state index < -0.39 is 17.9 Å². The number of carbonyl (C=O) groups is 1. The molecule has 2 nitrogen and oxygen atoms in total. The molecule has 1 aliphatic rings. The molecule has 2 unspecified atom stereocenters. The highest BCUT2D eigenvalue weighted by atomic mass is 35.5. The van der Waals surface area contributed by atoms with Gasteiger partial charge < -0.3 is 4.90 Å². The molecule has 9 heteroatoms. The van der Waals surface area contributed by atoms with Crippen LogP contribution in [-0.2, 0) is 6.42 Å². The first-order chi connectivity index (χ1) is 16.3. The van der Waals surface area contributed by atoms with E-state index in [0.29, 0.717) is 23.6 Å². The summed E-state index contributed by atoms with van der Waals surface area (Å²) in [6.45, 7) is 9.21. The zero-order valence-electron chi connectivity index (χ0n) is 19.2. The molecule has 3 rings (SSSR count). The summed E-state index contributed by atoms with van der Waals surface area (Å²) >= 11 is 17.7. The van der Waals surface area contributed by atoms with Crippen molar-refractivity contribution in [1.29, 1.82) is 0 Å². The average molecular weight is 549 g/mol. The van der Waals surface area contributed by atoms with Crippen LogP contribution in [0, 0.1) is 5.92 Å². The van der Waals surface area contributed by atoms with Crippen LogP contribution >= 0.6 is 34.8 Å². The third kappa shape index (κ3) is 6.22. The third-order valence-corrected chi connectivity index (χ3v) is 7.46. The summed E-state index contributed by atoms with van der Waals surface area (Å²) < 4.78 is 56.9. The molecule has 1 saturated heterocycles. The van der Waals surface area contributed by atoms with Gasteiger partial charge in [-0.15, -0.1) is 0 Å². The van der Waals surface area contributed by atoms with Crippen LogP contribution in [0.4, 0.5) is 17.6 Å². The quantitative estimate of drug-likeness (QED) is 0.196. The van der Waals surface area contributed by atoms with Crippen LogP contribution in [0.1, 0.15) is 53.2 Å². The van der Waals surface area contributed by atoms with Gasteiger partial charge in [-0.2, -0.15) is 13.2 Å². The fraction of sp³-hybridized carbons (Fsp3) is 0.346. The molecule has 2 aromatic carbocycles. The van der Waals surface area contributed by atoms with Crippen molar-refractivity contribution in [2.45, 2.75) is 38.8 Å². The monoisotopic (exact) mass is 547 g/mol. The topological polar surface area (TPSA) is 20.3 Å². The number of allylic oxidation sites excluding steroid dienone is 2. The van der Waals surface area contributed by atoms with Crippen molar-refractivity contribution >= 4 is 46.4 Å². The van der Waals surface area contributed by atoms with Crippen LogP contribution in [0.25, 0.3) is 5.83 Å². The number of hydrogen-bond acceptors (Lipinski definition) is 2. The number of Topliss-reactive ketones (excluding diaryl/α,β-unsaturated/α-hetero) is 1. The van der Waals surface area contributed by atoms with Crippen molar-refractivity contribution in [1.82, 2.24) is 4.90 Å². The molecule has 1 aliphatic heterocycles. The number of benzene rings is 2. The number of hydrogen-bond donors (Lipinski definition) is 0. The minimum atomic E-state index is -4.81. The molecule has 0 aromatic heterocycles. The van der Waals surface area contributed by atoms with Gasteiger partial charge >= 0.3 is 6.18 Å². The molecule has 0 amide bonds. The third-order valence-electron chi connectivity index (χ3n) is 6.26. The first kappa shape index (κ1) is 27.6. The fourth-order valence-corrected chi connectivity index (χ4v) is 4.97. The summed E-state index contributed by atoms with van der Waals surface area (Å²) in [5, 5.41) is -0.409. The number of nitrogens with zero attached hydrogens (tertiary/aromatic N) is 1. The Morgan fingerprint density at radius 2 is 1.83 bits per heavy atom. The number of ketones is 1. The Morgan fingerprint density at radius 3 is 2.34 bits per heavy atom. The molecular formula is C26H24Cl3F4NO. The number of alkyl halides is 3. The van der Waals surface area contributed by atoms with Crippen LogP contribution < -0.4 is 0 Å². The van der Waals surface area contributed by atoms with Crippen molar-refractivity contribution in [2.75, 3.05) is 13.1 Å². The lowest BCUT2D eigenvalue weighted by atomic mass is 9.90. The predicted molar refractivity (Wildman–Crippen MR) is 134 cm³/mol. The Kier molecular flexibility index (Phi) is 8.61. The normalized spacial score (nSPS) is 17.7. The van der Waals surface area contributed by atoms with Crippen molar-refractivity contribution < 1.29 is 22.4 Å². The average Bonchev–Trinajstić information content (AvgIpc) is 3.13. The standard InChI is InChI=1S/C26H24Cl3F4NO/c1-4-34-8-7-16(14(34)2)9-18-10-17(5-6-20(18)15(3)35)24(30)13-21(26(31,32)33)19-11-22(27)25(29)23(28)12-19/h5-6,10-13,16,21H,2,4,7-9H2,1,3H3/b24-13-. The molecule has 188 valence electrons. The van der Waals surface area contributed by atoms with E-state index in [2.05, 4.69) is 11.5 Å². The lowest BCUT2D eigenvalue weighted by Gasteiger charge is -2.20. The summed E-state index contributed by atoms with van der Waals surface area (Å²) in [5.74, 6) is -3.52. The van der Waals surface area contributed by atoms with Crippen LogP contribution in [0.3, 0.4) is 0 Å². The van der Waals surface area contributed by atoms with Crippen LogP contribution in [0.5, 0.6) is 0 Å². The summed E-state index contributed by atoms with van der Waals surface area (Å²) in [4.78, 5) is 14.3. The lowest BCUT2D eigenvalue weighted by Crippen LogP contribution is -2.19. The molecule has 0 spiro atoms. The molecule has 1 heterocycles. The van der Waals surface area contributed by atoms with Gasteiger partial charge in [0.15, 0.2) is 5.78 Å². The van der Waals surface area contributed by atoms with E-state index in [1.165, 1.54) is 25.1 Å². The second-order valence-electron chi connectivity index (χ2n) is 8.52. The maximum Gasteiger partial charge on any atom is 0.399 e. The van der Waals surface area contributed by atoms with Crippen LogP contribution in [-0.4, -0.2) is 29.9 Å². The SMILES string of the molecule is C=C1C(Cc2cc(/C(F)=C/C(c3cc(Cl)c(Cl)c(Cl)c3)C(F)(F)F)ccc2C(C)=O)CCN1CC. The zero-order chi connectivity index (χ0) is 26.1. The molecule has 0 bridgehead atoms. The zero-order valence-corrected chi connectivity index (χ0v) is 21.4. The lowest BCUT2D eigenvalue weighted by molar-refractivity contribution is -0.139. The van der Waals surface area contributed by atoms with Crippen LogP contribution in [0.2, 0.25) is 15.1 Å². The summed E-state index contributed by atoms with van der Waals surface area (Å²) in [6, 6.07) is 6.25. The van der Waals surface area contributed by atoms with E-state index in [4.69, 9.17) is 34.8 Å². The van der Waals surface area contributed by atoms with E-state index in [9.17, 15) is 18.0 Å². The number of likely N-dealkylation sites (tertiary alicyclic amines) is 1. The molecule has 0 N–H and O–H groups in total. The molecular weight excluding hydrogens is 525 g/mol. The smallest absolute Gasteiger partial charge is 0.375 e. The number of rotatable bonds is 7. The Bertz CT molecular complexity index is 1150. The highest BCUT2D eigenvalue weighted by molar-refractivity contribution is 6.48. The molecule has 2 atom stereocenters. The van der Waals surface area contributed by atoms with E-state index in [0.717, 1.165) is 37.3 Å². The molecule has 0 saturated carbocycles. The van der Waals surface area contributed by atoms with Crippen molar-refractivity contribution in [2.24, 2.45) is 5.92 Å². The molecule has 2 aromatic rings. The Labute approximate surface area is 217 Å². The van der Waals surface area contributed by atoms with Crippen LogP contribution in [0.15, 0.2) is 48.7 Å². The summed E-state index contributed by atoms with van der Waals surface area (Å²) in [5.41, 5.74) is 1.53. The maximum atomic E-state index is 15.3. The molecule has 1 fully saturated rings. The first-order valence-electron chi connectivity index (χ1n) is 11.0. The second kappa shape index (κ2) is 10.9. The number of halogens is 7. The van der Waals surface area contributed by atoms with E-state index >= 15 is 4.39 Å². The second-order valence-corrected chi connectivity index (χ2v) is 9.71. The van der Waals surface area contributed by atoms with Crippen molar-refractivity contribution in [3.05, 3.63) is 86.0 Å². The summed E-state index contributed by atoms with van der Waals surface area (Å²) in [6.07, 6.45) is -3.06. The van der Waals surface area contributed by atoms with E-state index in [-0.39, 0.29) is 37.9 Å². The summed E-state index contributed by atoms with van der Waals surface area (Å²) in [7, 11) is 0. The fourth-order valence-electron chi connectivity index (χ4n) is 4.36. The Balaban J connectivity index is 2.01. The number of carbonyl (C=O) groups excluding carboxylic acids is 1. The van der Waals surface area contributed by atoms with Gasteiger partial charge in [-0.05, 0) is 62.1 Å². The van der Waals surface area contributed by atoms with Gasteiger partial charge in [-0.25, -0.2) is 4.39 Å². The molecule has 0 aliphatic carbocycles. The van der Waals surface area contributed by atoms with Gasteiger partial charge in [0.2, 0.25) is 0 Å². The van der Waals surface area contributed by atoms with Gasteiger partial charge in [0.05, 0.1) is 15.1 Å². The van der Waals surface area contributed by atoms with Gasteiger partial charge in [-0.3, -0.25) is 4.79 Å². The first-order valence-corrected chi connectivity index (χ1v) is 12.1. The minimum Gasteiger partial charge on any atom is -0.375 e. The Hall–Kier alpha value is -2.02. The molecule has 0 radical (unpaired) electrons. The molecule has 35 heavy (non-hydrogen) atoms. The highest BCUT2D eigenvalue weighted by Crippen LogP contribution is 2.42. The predicted octanol–water partition coefficient (Wildman–Crippen LogP) is 8.90. The van der Waals surface area contributed by atoms with Crippen molar-refractivity contribution in [3.63, 3.8) is 0 Å². The highest BCUT2D eigenvalue weighted by Gasteiger charge is 2.40. The van der Waals surface area contributed by atoms with Gasteiger partial charge in [-0.1, -0.05) is 53.5 Å². The van der Waals surface area contributed by atoms with E-state index in [1.54, 1.807) is 0 Å².